The van der Waals surface area contributed by atoms with Gasteiger partial charge in [-0.15, -0.1) is 0 Å². The van der Waals surface area contributed by atoms with E-state index >= 15 is 0 Å². The molecular weight excluding hydrogens is 354 g/mol. The number of nitrogens with zero attached hydrogens (tertiary/aromatic N) is 2. The van der Waals surface area contributed by atoms with Crippen LogP contribution in [0.3, 0.4) is 0 Å². The van der Waals surface area contributed by atoms with Gasteiger partial charge in [0.15, 0.2) is 11.5 Å². The first-order chi connectivity index (χ1) is 12.5. The third-order valence-electron chi connectivity index (χ3n) is 3.90. The van der Waals surface area contributed by atoms with E-state index in [-0.39, 0.29) is 5.91 Å². The van der Waals surface area contributed by atoms with Crippen LogP contribution in [0.25, 0.3) is 5.69 Å². The molecule has 1 aromatic heterocycles. The van der Waals surface area contributed by atoms with Crippen LogP contribution in [0.5, 0.6) is 11.5 Å². The Labute approximate surface area is 156 Å². The first-order valence-electron chi connectivity index (χ1n) is 7.86. The van der Waals surface area contributed by atoms with E-state index in [2.05, 4.69) is 10.4 Å². The quantitative estimate of drug-likeness (QED) is 0.733. The van der Waals surface area contributed by atoms with Crippen molar-refractivity contribution in [1.82, 2.24) is 9.78 Å². The molecule has 1 N–H and O–H groups in total. The second-order valence-electron chi connectivity index (χ2n) is 5.63. The number of benzene rings is 2. The van der Waals surface area contributed by atoms with E-state index in [4.69, 9.17) is 21.1 Å². The van der Waals surface area contributed by atoms with E-state index in [1.165, 1.54) is 6.20 Å². The summed E-state index contributed by atoms with van der Waals surface area (Å²) < 4.78 is 12.1. The van der Waals surface area contributed by atoms with Crippen LogP contribution in [0, 0.1) is 6.92 Å². The zero-order valence-electron chi connectivity index (χ0n) is 14.6. The number of carbonyl (C=O) groups excluding carboxylic acids is 1. The van der Waals surface area contributed by atoms with Crippen LogP contribution in [-0.4, -0.2) is 29.9 Å². The maximum atomic E-state index is 12.6. The lowest BCUT2D eigenvalue weighted by Crippen LogP contribution is -2.12. The van der Waals surface area contributed by atoms with Gasteiger partial charge in [-0.2, -0.15) is 5.10 Å². The Morgan fingerprint density at radius 1 is 1.15 bits per heavy atom. The number of methoxy groups -OCH3 is 2. The second kappa shape index (κ2) is 7.49. The summed E-state index contributed by atoms with van der Waals surface area (Å²) >= 11 is 6.00. The molecule has 1 heterocycles. The Hall–Kier alpha value is -2.99. The first-order valence-corrected chi connectivity index (χ1v) is 8.24. The van der Waals surface area contributed by atoms with Gasteiger partial charge in [0, 0.05) is 23.0 Å². The molecule has 3 rings (SSSR count). The summed E-state index contributed by atoms with van der Waals surface area (Å²) in [6, 6.07) is 10.8. The molecule has 6 nitrogen and oxygen atoms in total. The Bertz CT molecular complexity index is 953. The average Bonchev–Trinajstić information content (AvgIpc) is 3.13. The molecule has 0 bridgehead atoms. The summed E-state index contributed by atoms with van der Waals surface area (Å²) in [5.41, 5.74) is 2.71. The number of hydrogen-bond acceptors (Lipinski definition) is 4. The minimum atomic E-state index is -0.270. The van der Waals surface area contributed by atoms with Crippen molar-refractivity contribution in [2.75, 3.05) is 19.5 Å². The number of aromatic nitrogens is 2. The zero-order valence-corrected chi connectivity index (χ0v) is 15.4. The van der Waals surface area contributed by atoms with Crippen molar-refractivity contribution in [3.05, 3.63) is 64.9 Å². The number of hydrogen-bond donors (Lipinski definition) is 1. The fourth-order valence-electron chi connectivity index (χ4n) is 2.51. The molecule has 7 heteroatoms. The monoisotopic (exact) mass is 371 g/mol. The smallest absolute Gasteiger partial charge is 0.258 e. The Kier molecular flexibility index (Phi) is 5.14. The predicted octanol–water partition coefficient (Wildman–Crippen LogP) is 4.10. The summed E-state index contributed by atoms with van der Waals surface area (Å²) in [6.45, 7) is 1.88. The fourth-order valence-corrected chi connectivity index (χ4v) is 2.69. The number of rotatable bonds is 5. The average molecular weight is 372 g/mol. The third-order valence-corrected chi connectivity index (χ3v) is 4.13. The van der Waals surface area contributed by atoms with Gasteiger partial charge in [-0.3, -0.25) is 4.79 Å². The molecule has 134 valence electrons. The number of anilines is 1. The predicted molar refractivity (Wildman–Crippen MR) is 101 cm³/mol. The van der Waals surface area contributed by atoms with Crippen molar-refractivity contribution in [3.8, 4) is 17.2 Å². The van der Waals surface area contributed by atoms with Gasteiger partial charge < -0.3 is 14.8 Å². The lowest BCUT2D eigenvalue weighted by atomic mass is 10.1. The van der Waals surface area contributed by atoms with Crippen LogP contribution in [0.15, 0.2) is 48.8 Å². The Morgan fingerprint density at radius 3 is 2.58 bits per heavy atom. The van der Waals surface area contributed by atoms with Crippen LogP contribution < -0.4 is 14.8 Å². The molecule has 0 saturated heterocycles. The molecule has 0 radical (unpaired) electrons. The molecule has 0 aliphatic carbocycles. The highest BCUT2D eigenvalue weighted by Crippen LogP contribution is 2.33. The molecule has 0 fully saturated rings. The van der Waals surface area contributed by atoms with Gasteiger partial charge in [0.2, 0.25) is 0 Å². The van der Waals surface area contributed by atoms with Crippen molar-refractivity contribution < 1.29 is 14.3 Å². The van der Waals surface area contributed by atoms with Gasteiger partial charge in [0.25, 0.3) is 5.91 Å². The van der Waals surface area contributed by atoms with Crippen molar-refractivity contribution >= 4 is 23.2 Å². The number of amides is 1. The maximum absolute atomic E-state index is 12.6. The van der Waals surface area contributed by atoms with E-state index in [1.54, 1.807) is 43.3 Å². The number of nitrogens with one attached hydrogen (secondary N) is 1. The minimum Gasteiger partial charge on any atom is -0.493 e. The second-order valence-corrected chi connectivity index (χ2v) is 6.07. The van der Waals surface area contributed by atoms with Gasteiger partial charge in [0.05, 0.1) is 31.7 Å². The molecule has 0 unspecified atom stereocenters. The lowest BCUT2D eigenvalue weighted by Gasteiger charge is -2.13. The summed E-state index contributed by atoms with van der Waals surface area (Å²) in [4.78, 5) is 12.6. The van der Waals surface area contributed by atoms with Crippen molar-refractivity contribution in [3.63, 3.8) is 0 Å². The number of ether oxygens (including phenoxy) is 2. The third kappa shape index (κ3) is 3.65. The van der Waals surface area contributed by atoms with Crippen LogP contribution in [0.2, 0.25) is 5.02 Å². The molecule has 26 heavy (non-hydrogen) atoms. The molecule has 0 aliphatic rings. The van der Waals surface area contributed by atoms with E-state index in [1.807, 2.05) is 25.1 Å². The van der Waals surface area contributed by atoms with E-state index in [0.717, 1.165) is 11.3 Å². The lowest BCUT2D eigenvalue weighted by molar-refractivity contribution is 0.102. The number of halogens is 1. The Morgan fingerprint density at radius 2 is 1.88 bits per heavy atom. The molecular formula is C19H18ClN3O3. The van der Waals surface area contributed by atoms with E-state index in [9.17, 15) is 4.79 Å². The molecule has 3 aromatic rings. The topological polar surface area (TPSA) is 65.4 Å². The summed E-state index contributed by atoms with van der Waals surface area (Å²) in [5.74, 6) is 0.883. The van der Waals surface area contributed by atoms with Crippen molar-refractivity contribution in [1.29, 1.82) is 0 Å². The zero-order chi connectivity index (χ0) is 18.7. The molecule has 0 aliphatic heterocycles. The molecule has 1 amide bonds. The van der Waals surface area contributed by atoms with Crippen molar-refractivity contribution in [2.24, 2.45) is 0 Å². The largest absolute Gasteiger partial charge is 0.493 e. The highest BCUT2D eigenvalue weighted by Gasteiger charge is 2.14. The molecule has 2 aromatic carbocycles. The summed E-state index contributed by atoms with van der Waals surface area (Å²) in [7, 11) is 3.12. The number of aryl methyl sites for hydroxylation is 1. The van der Waals surface area contributed by atoms with E-state index in [0.29, 0.717) is 27.8 Å². The molecule has 0 saturated carbocycles. The highest BCUT2D eigenvalue weighted by molar-refractivity contribution is 6.30. The SMILES string of the molecule is COc1cc(C)c(NC(=O)c2cnn(-c3cccc(Cl)c3)c2)cc1OC. The van der Waals surface area contributed by atoms with Crippen molar-refractivity contribution in [2.45, 2.75) is 6.92 Å². The summed E-state index contributed by atoms with van der Waals surface area (Å²) in [5, 5.41) is 7.70. The standard InChI is InChI=1S/C19H18ClN3O3/c1-12-7-17(25-2)18(26-3)9-16(12)22-19(24)13-10-21-23(11-13)15-6-4-5-14(20)8-15/h4-11H,1-3H3,(H,22,24). The highest BCUT2D eigenvalue weighted by atomic mass is 35.5. The summed E-state index contributed by atoms with van der Waals surface area (Å²) in [6.07, 6.45) is 3.16. The van der Waals surface area contributed by atoms with Gasteiger partial charge >= 0.3 is 0 Å². The molecule has 0 atom stereocenters. The van der Waals surface area contributed by atoms with Crippen LogP contribution >= 0.6 is 11.6 Å². The minimum absolute atomic E-state index is 0.270. The number of carbonyl (C=O) groups is 1. The van der Waals surface area contributed by atoms with Gasteiger partial charge in [-0.25, -0.2) is 4.68 Å². The van der Waals surface area contributed by atoms with Crippen LogP contribution in [-0.2, 0) is 0 Å². The van der Waals surface area contributed by atoms with Crippen LogP contribution in [0.1, 0.15) is 15.9 Å². The van der Waals surface area contributed by atoms with E-state index < -0.39 is 0 Å². The van der Waals surface area contributed by atoms with Crippen LogP contribution in [0.4, 0.5) is 5.69 Å². The fraction of sp³-hybridized carbons (Fsp3) is 0.158. The van der Waals surface area contributed by atoms with Gasteiger partial charge in [0.1, 0.15) is 0 Å². The maximum Gasteiger partial charge on any atom is 0.258 e. The first kappa shape index (κ1) is 17.8. The normalized spacial score (nSPS) is 10.5. The van der Waals surface area contributed by atoms with Gasteiger partial charge in [-0.05, 0) is 36.8 Å². The molecule has 0 spiro atoms. The Balaban J connectivity index is 1.83. The van der Waals surface area contributed by atoms with Gasteiger partial charge in [-0.1, -0.05) is 17.7 Å².